The lowest BCUT2D eigenvalue weighted by atomic mass is 9.79. The van der Waals surface area contributed by atoms with Crippen LogP contribution in [0, 0.1) is 5.92 Å². The summed E-state index contributed by atoms with van der Waals surface area (Å²) >= 11 is 0. The molecule has 0 aliphatic heterocycles. The SMILES string of the molecule is COCCNCC1(O)CCCC(C)C1. The van der Waals surface area contributed by atoms with Gasteiger partial charge in [-0.25, -0.2) is 0 Å². The van der Waals surface area contributed by atoms with Gasteiger partial charge in [-0.05, 0) is 18.8 Å². The highest BCUT2D eigenvalue weighted by Gasteiger charge is 2.31. The van der Waals surface area contributed by atoms with Gasteiger partial charge in [0.2, 0.25) is 0 Å². The van der Waals surface area contributed by atoms with E-state index in [2.05, 4.69) is 12.2 Å². The van der Waals surface area contributed by atoms with Crippen molar-refractivity contribution in [2.75, 3.05) is 26.8 Å². The predicted molar refractivity (Wildman–Crippen MR) is 57.3 cm³/mol. The average molecular weight is 201 g/mol. The Hall–Kier alpha value is -0.120. The van der Waals surface area contributed by atoms with Crippen LogP contribution in [0.1, 0.15) is 32.6 Å². The van der Waals surface area contributed by atoms with Crippen molar-refractivity contribution in [3.05, 3.63) is 0 Å². The molecule has 0 amide bonds. The largest absolute Gasteiger partial charge is 0.389 e. The van der Waals surface area contributed by atoms with Crippen LogP contribution in [-0.2, 0) is 4.74 Å². The Morgan fingerprint density at radius 2 is 2.36 bits per heavy atom. The average Bonchev–Trinajstić information content (AvgIpc) is 2.12. The number of nitrogens with one attached hydrogen (secondary N) is 1. The first-order chi connectivity index (χ1) is 6.66. The van der Waals surface area contributed by atoms with Gasteiger partial charge in [-0.3, -0.25) is 0 Å². The van der Waals surface area contributed by atoms with Gasteiger partial charge >= 0.3 is 0 Å². The van der Waals surface area contributed by atoms with Crippen LogP contribution in [0.5, 0.6) is 0 Å². The minimum Gasteiger partial charge on any atom is -0.389 e. The molecule has 1 aliphatic carbocycles. The maximum atomic E-state index is 10.2. The number of hydrogen-bond donors (Lipinski definition) is 2. The van der Waals surface area contributed by atoms with Gasteiger partial charge in [0.25, 0.3) is 0 Å². The van der Waals surface area contributed by atoms with Crippen molar-refractivity contribution in [2.24, 2.45) is 5.92 Å². The minimum atomic E-state index is -0.467. The van der Waals surface area contributed by atoms with Crippen LogP contribution in [0.25, 0.3) is 0 Å². The Balaban J connectivity index is 2.19. The van der Waals surface area contributed by atoms with E-state index in [4.69, 9.17) is 4.74 Å². The van der Waals surface area contributed by atoms with Crippen molar-refractivity contribution in [3.63, 3.8) is 0 Å². The van der Waals surface area contributed by atoms with Crippen LogP contribution in [0.4, 0.5) is 0 Å². The Bertz CT molecular complexity index is 163. The fraction of sp³-hybridized carbons (Fsp3) is 1.00. The molecule has 1 fully saturated rings. The summed E-state index contributed by atoms with van der Waals surface area (Å²) in [5.41, 5.74) is -0.467. The van der Waals surface area contributed by atoms with Crippen molar-refractivity contribution in [3.8, 4) is 0 Å². The highest BCUT2D eigenvalue weighted by molar-refractivity contribution is 4.86. The fourth-order valence-corrected chi connectivity index (χ4v) is 2.29. The molecule has 0 saturated heterocycles. The number of aliphatic hydroxyl groups is 1. The van der Waals surface area contributed by atoms with E-state index in [-0.39, 0.29) is 0 Å². The molecule has 1 aliphatic rings. The Morgan fingerprint density at radius 1 is 1.57 bits per heavy atom. The lowest BCUT2D eigenvalue weighted by Gasteiger charge is -2.35. The predicted octanol–water partition coefficient (Wildman–Crippen LogP) is 1.16. The number of rotatable bonds is 5. The monoisotopic (exact) mass is 201 g/mol. The zero-order valence-corrected chi connectivity index (χ0v) is 9.38. The van der Waals surface area contributed by atoms with Gasteiger partial charge in [0.1, 0.15) is 0 Å². The van der Waals surface area contributed by atoms with Gasteiger partial charge in [-0.15, -0.1) is 0 Å². The summed E-state index contributed by atoms with van der Waals surface area (Å²) < 4.78 is 4.94. The third kappa shape index (κ3) is 3.95. The molecule has 0 bridgehead atoms. The molecule has 0 aromatic heterocycles. The van der Waals surface area contributed by atoms with Gasteiger partial charge in [0.15, 0.2) is 0 Å². The van der Waals surface area contributed by atoms with E-state index in [1.54, 1.807) is 7.11 Å². The summed E-state index contributed by atoms with van der Waals surface area (Å²) in [5, 5.41) is 13.5. The van der Waals surface area contributed by atoms with E-state index in [0.717, 1.165) is 25.8 Å². The molecule has 14 heavy (non-hydrogen) atoms. The lowest BCUT2D eigenvalue weighted by molar-refractivity contribution is -0.0124. The third-order valence-corrected chi connectivity index (χ3v) is 3.00. The summed E-state index contributed by atoms with van der Waals surface area (Å²) in [6, 6.07) is 0. The van der Waals surface area contributed by atoms with Crippen LogP contribution in [0.2, 0.25) is 0 Å². The Kier molecular flexibility index (Phi) is 4.85. The lowest BCUT2D eigenvalue weighted by Crippen LogP contribution is -2.44. The van der Waals surface area contributed by atoms with E-state index >= 15 is 0 Å². The van der Waals surface area contributed by atoms with Crippen LogP contribution in [0.15, 0.2) is 0 Å². The molecule has 2 unspecified atom stereocenters. The molecule has 84 valence electrons. The van der Waals surface area contributed by atoms with Crippen molar-refractivity contribution < 1.29 is 9.84 Å². The van der Waals surface area contributed by atoms with Crippen LogP contribution in [0.3, 0.4) is 0 Å². The van der Waals surface area contributed by atoms with Gasteiger partial charge < -0.3 is 15.2 Å². The van der Waals surface area contributed by atoms with E-state index in [9.17, 15) is 5.11 Å². The van der Waals surface area contributed by atoms with Crippen LogP contribution >= 0.6 is 0 Å². The Morgan fingerprint density at radius 3 is 3.00 bits per heavy atom. The first-order valence-corrected chi connectivity index (χ1v) is 5.58. The second kappa shape index (κ2) is 5.69. The molecule has 2 atom stereocenters. The molecule has 0 spiro atoms. The van der Waals surface area contributed by atoms with E-state index in [0.29, 0.717) is 19.1 Å². The van der Waals surface area contributed by atoms with Crippen LogP contribution in [-0.4, -0.2) is 37.5 Å². The number of ether oxygens (including phenoxy) is 1. The Labute approximate surface area is 86.8 Å². The summed E-state index contributed by atoms with van der Waals surface area (Å²) in [6.07, 6.45) is 4.30. The molecular weight excluding hydrogens is 178 g/mol. The molecule has 3 heteroatoms. The van der Waals surface area contributed by atoms with E-state index in [1.807, 2.05) is 0 Å². The highest BCUT2D eigenvalue weighted by Crippen LogP contribution is 2.31. The summed E-state index contributed by atoms with van der Waals surface area (Å²) in [6.45, 7) is 4.47. The van der Waals surface area contributed by atoms with E-state index < -0.39 is 5.60 Å². The highest BCUT2D eigenvalue weighted by atomic mass is 16.5. The molecule has 3 nitrogen and oxygen atoms in total. The van der Waals surface area contributed by atoms with Gasteiger partial charge in [-0.1, -0.05) is 19.8 Å². The first kappa shape index (κ1) is 12.0. The normalized spacial score (nSPS) is 33.2. The van der Waals surface area contributed by atoms with Crippen molar-refractivity contribution in [1.29, 1.82) is 0 Å². The zero-order chi connectivity index (χ0) is 10.4. The van der Waals surface area contributed by atoms with Gasteiger partial charge in [0, 0.05) is 20.2 Å². The fourth-order valence-electron chi connectivity index (χ4n) is 2.29. The summed E-state index contributed by atoms with van der Waals surface area (Å²) in [7, 11) is 1.69. The molecule has 2 N–H and O–H groups in total. The molecule has 0 radical (unpaired) electrons. The van der Waals surface area contributed by atoms with Crippen molar-refractivity contribution >= 4 is 0 Å². The maximum Gasteiger partial charge on any atom is 0.0774 e. The quantitative estimate of drug-likeness (QED) is 0.656. The smallest absolute Gasteiger partial charge is 0.0774 e. The first-order valence-electron chi connectivity index (χ1n) is 5.58. The maximum absolute atomic E-state index is 10.2. The summed E-state index contributed by atoms with van der Waals surface area (Å²) in [4.78, 5) is 0. The van der Waals surface area contributed by atoms with Crippen LogP contribution < -0.4 is 5.32 Å². The molecular formula is C11H23NO2. The molecule has 0 aromatic rings. The molecule has 0 aromatic carbocycles. The van der Waals surface area contributed by atoms with Gasteiger partial charge in [0.05, 0.1) is 12.2 Å². The minimum absolute atomic E-state index is 0.467. The molecule has 1 saturated carbocycles. The van der Waals surface area contributed by atoms with E-state index in [1.165, 1.54) is 6.42 Å². The topological polar surface area (TPSA) is 41.5 Å². The molecule has 1 rings (SSSR count). The number of hydrogen-bond acceptors (Lipinski definition) is 3. The van der Waals surface area contributed by atoms with Crippen molar-refractivity contribution in [1.82, 2.24) is 5.32 Å². The third-order valence-electron chi connectivity index (χ3n) is 3.00. The zero-order valence-electron chi connectivity index (χ0n) is 9.38. The second-order valence-electron chi connectivity index (χ2n) is 4.60. The second-order valence-corrected chi connectivity index (χ2v) is 4.60. The number of methoxy groups -OCH3 is 1. The molecule has 0 heterocycles. The van der Waals surface area contributed by atoms with Crippen molar-refractivity contribution in [2.45, 2.75) is 38.2 Å². The summed E-state index contributed by atoms with van der Waals surface area (Å²) in [5.74, 6) is 0.665. The van der Waals surface area contributed by atoms with Gasteiger partial charge in [-0.2, -0.15) is 0 Å². The standard InChI is InChI=1S/C11H23NO2/c1-10-4-3-5-11(13,8-10)9-12-6-7-14-2/h10,12-13H,3-9H2,1-2H3.